The number of carbonyl (C=O) groups is 4. The number of nitrogens with one attached hydrogen (secondary N) is 1. The summed E-state index contributed by atoms with van der Waals surface area (Å²) in [4.78, 5) is 50.6. The van der Waals surface area contributed by atoms with Crippen LogP contribution in [0.3, 0.4) is 0 Å². The quantitative estimate of drug-likeness (QED) is 0.0712. The van der Waals surface area contributed by atoms with Gasteiger partial charge in [0.1, 0.15) is 6.04 Å². The first-order valence-electron chi connectivity index (χ1n) is 14.0. The average molecular weight is 625 g/mol. The van der Waals surface area contributed by atoms with Gasteiger partial charge in [0.05, 0.1) is 17.5 Å². The van der Waals surface area contributed by atoms with Gasteiger partial charge in [0, 0.05) is 6.42 Å². The first-order valence-corrected chi connectivity index (χ1v) is 14.0. The topological polar surface area (TPSA) is 200 Å². The van der Waals surface area contributed by atoms with Gasteiger partial charge in [-0.3, -0.25) is 4.79 Å². The smallest absolute Gasteiger partial charge is 0.480 e. The summed E-state index contributed by atoms with van der Waals surface area (Å²) in [5.74, 6) is -3.99. The van der Waals surface area contributed by atoms with Crippen molar-refractivity contribution in [1.82, 2.24) is 5.32 Å². The third-order valence-corrected chi connectivity index (χ3v) is 6.86. The summed E-state index contributed by atoms with van der Waals surface area (Å²) in [7, 11) is -3.48. The van der Waals surface area contributed by atoms with Gasteiger partial charge in [-0.1, -0.05) is 60.2 Å². The van der Waals surface area contributed by atoms with Crippen LogP contribution in [-0.4, -0.2) is 69.3 Å². The van der Waals surface area contributed by atoms with E-state index in [1.807, 2.05) is 19.1 Å². The van der Waals surface area contributed by atoms with Crippen LogP contribution in [0.5, 0.6) is 11.5 Å². The highest BCUT2D eigenvalue weighted by Crippen LogP contribution is 2.30. The van der Waals surface area contributed by atoms with Gasteiger partial charge in [-0.05, 0) is 65.4 Å². The molecule has 12 nitrogen and oxygen atoms in total. The third kappa shape index (κ3) is 9.13. The zero-order valence-corrected chi connectivity index (χ0v) is 24.5. The van der Waals surface area contributed by atoms with Crippen molar-refractivity contribution in [3.63, 3.8) is 0 Å². The van der Waals surface area contributed by atoms with Crippen molar-refractivity contribution in [1.29, 1.82) is 0 Å². The Labute approximate surface area is 264 Å². The number of aryl methyl sites for hydroxylation is 1. The zero-order valence-electron chi connectivity index (χ0n) is 24.5. The summed E-state index contributed by atoms with van der Waals surface area (Å²) < 4.78 is 11.0. The molecule has 4 aromatic rings. The van der Waals surface area contributed by atoms with E-state index in [-0.39, 0.29) is 46.4 Å². The summed E-state index contributed by atoms with van der Waals surface area (Å²) in [6.45, 7) is 1.90. The Bertz CT molecular complexity index is 1710. The van der Waals surface area contributed by atoms with E-state index in [0.29, 0.717) is 5.56 Å². The second-order valence-electron chi connectivity index (χ2n) is 10.4. The normalized spacial score (nSPS) is 11.2. The fraction of sp³-hybridized carbons (Fsp3) is 0.125. The van der Waals surface area contributed by atoms with Crippen LogP contribution in [0.15, 0.2) is 91.0 Å². The van der Waals surface area contributed by atoms with Crippen LogP contribution in [-0.2, 0) is 22.4 Å². The van der Waals surface area contributed by atoms with Gasteiger partial charge in [-0.15, -0.1) is 0 Å². The predicted octanol–water partition coefficient (Wildman–Crippen LogP) is 0.148. The van der Waals surface area contributed by atoms with E-state index in [2.05, 4.69) is 5.32 Å². The first-order chi connectivity index (χ1) is 21.9. The Morgan fingerprint density at radius 2 is 1.15 bits per heavy atom. The summed E-state index contributed by atoms with van der Waals surface area (Å²) in [5.41, 5.74) is 2.41. The molecule has 0 fully saturated rings. The molecule has 0 bridgehead atoms. The van der Waals surface area contributed by atoms with Gasteiger partial charge in [-0.25, -0.2) is 14.4 Å². The highest BCUT2D eigenvalue weighted by Gasteiger charge is 2.23. The third-order valence-electron chi connectivity index (χ3n) is 6.86. The summed E-state index contributed by atoms with van der Waals surface area (Å²) >= 11 is 0. The highest BCUT2D eigenvalue weighted by atomic mass is 16.6. The van der Waals surface area contributed by atoms with Crippen molar-refractivity contribution in [3.8, 4) is 11.5 Å². The lowest BCUT2D eigenvalue weighted by Gasteiger charge is -2.16. The SMILES string of the molecule is Cc1ccc(C[C@H](NC(=O)Cc2ccc(OC(=O)c3ccc(B(O)O)cc3)c(OC(=O)c3ccc(B(O)O)cc3)c2)C(=O)O)cc1. The van der Waals surface area contributed by atoms with Crippen LogP contribution < -0.4 is 25.7 Å². The molecule has 0 unspecified atom stereocenters. The average Bonchev–Trinajstić information content (AvgIpc) is 3.02. The number of carboxylic acids is 1. The van der Waals surface area contributed by atoms with Crippen molar-refractivity contribution < 1.29 is 53.9 Å². The van der Waals surface area contributed by atoms with Crippen molar-refractivity contribution >= 4 is 49.0 Å². The maximum absolute atomic E-state index is 13.0. The van der Waals surface area contributed by atoms with Crippen LogP contribution in [0.2, 0.25) is 0 Å². The van der Waals surface area contributed by atoms with Crippen LogP contribution >= 0.6 is 0 Å². The summed E-state index contributed by atoms with van der Waals surface area (Å²) in [6.07, 6.45) is -0.242. The van der Waals surface area contributed by atoms with Crippen molar-refractivity contribution in [2.45, 2.75) is 25.8 Å². The Morgan fingerprint density at radius 1 is 0.674 bits per heavy atom. The molecule has 0 heterocycles. The Kier molecular flexibility index (Phi) is 11.1. The first kappa shape index (κ1) is 33.6. The molecular formula is C32H29B2NO11. The molecule has 4 aromatic carbocycles. The van der Waals surface area contributed by atoms with Gasteiger partial charge in [0.25, 0.3) is 0 Å². The minimum absolute atomic E-state index is 0.0309. The van der Waals surface area contributed by atoms with Gasteiger partial charge < -0.3 is 40.0 Å². The number of benzene rings is 4. The highest BCUT2D eigenvalue weighted by molar-refractivity contribution is 6.59. The van der Waals surface area contributed by atoms with E-state index < -0.39 is 44.1 Å². The zero-order chi connectivity index (χ0) is 33.4. The molecule has 0 aromatic heterocycles. The second kappa shape index (κ2) is 15.1. The molecule has 6 N–H and O–H groups in total. The number of carboxylic acid groups (broad SMARTS) is 1. The van der Waals surface area contributed by atoms with Crippen molar-refractivity contribution in [3.05, 3.63) is 119 Å². The lowest BCUT2D eigenvalue weighted by atomic mass is 9.80. The number of amides is 1. The maximum Gasteiger partial charge on any atom is 0.488 e. The molecule has 0 radical (unpaired) electrons. The Balaban J connectivity index is 1.55. The number of aliphatic carboxylic acids is 1. The second-order valence-corrected chi connectivity index (χ2v) is 10.4. The van der Waals surface area contributed by atoms with Crippen LogP contribution in [0.25, 0.3) is 0 Å². The molecular weight excluding hydrogens is 596 g/mol. The largest absolute Gasteiger partial charge is 0.488 e. The van der Waals surface area contributed by atoms with Gasteiger partial charge in [0.15, 0.2) is 11.5 Å². The number of hydrogen-bond donors (Lipinski definition) is 6. The van der Waals surface area contributed by atoms with Crippen LogP contribution in [0, 0.1) is 6.92 Å². The number of esters is 2. The van der Waals surface area contributed by atoms with Gasteiger partial charge in [-0.2, -0.15) is 0 Å². The molecule has 0 spiro atoms. The summed E-state index contributed by atoms with van der Waals surface area (Å²) in [6, 6.07) is 20.6. The minimum Gasteiger partial charge on any atom is -0.480 e. The maximum atomic E-state index is 13.0. The van der Waals surface area contributed by atoms with Crippen molar-refractivity contribution in [2.24, 2.45) is 0 Å². The molecule has 0 aliphatic heterocycles. The summed E-state index contributed by atoms with van der Waals surface area (Å²) in [5, 5.41) is 49.4. The van der Waals surface area contributed by atoms with Gasteiger partial charge >= 0.3 is 32.1 Å². The Hall–Kier alpha value is -5.27. The molecule has 1 amide bonds. The van der Waals surface area contributed by atoms with E-state index in [0.717, 1.165) is 11.1 Å². The minimum atomic E-state index is -1.74. The fourth-order valence-corrected chi connectivity index (χ4v) is 4.32. The van der Waals surface area contributed by atoms with E-state index in [1.54, 1.807) is 12.1 Å². The van der Waals surface area contributed by atoms with E-state index in [4.69, 9.17) is 9.47 Å². The van der Waals surface area contributed by atoms with Gasteiger partial charge in [0.2, 0.25) is 5.91 Å². The lowest BCUT2D eigenvalue weighted by Crippen LogP contribution is -2.43. The molecule has 0 saturated heterocycles. The lowest BCUT2D eigenvalue weighted by molar-refractivity contribution is -0.141. The molecule has 46 heavy (non-hydrogen) atoms. The molecule has 0 aliphatic rings. The number of ether oxygens (including phenoxy) is 2. The number of rotatable bonds is 12. The molecule has 4 rings (SSSR count). The number of hydrogen-bond acceptors (Lipinski definition) is 10. The number of carbonyl (C=O) groups excluding carboxylic acids is 3. The van der Waals surface area contributed by atoms with E-state index in [9.17, 15) is 44.4 Å². The monoisotopic (exact) mass is 625 g/mol. The molecule has 14 heteroatoms. The predicted molar refractivity (Wildman–Crippen MR) is 167 cm³/mol. The van der Waals surface area contributed by atoms with Crippen molar-refractivity contribution in [2.75, 3.05) is 0 Å². The van der Waals surface area contributed by atoms with E-state index in [1.165, 1.54) is 66.7 Å². The fourth-order valence-electron chi connectivity index (χ4n) is 4.32. The molecule has 1 atom stereocenters. The van der Waals surface area contributed by atoms with E-state index >= 15 is 0 Å². The van der Waals surface area contributed by atoms with Crippen LogP contribution in [0.1, 0.15) is 37.4 Å². The molecule has 0 aliphatic carbocycles. The molecule has 234 valence electrons. The Morgan fingerprint density at radius 3 is 1.63 bits per heavy atom. The standard InChI is InChI=1S/C32H29B2NO11/c1-19-2-4-20(5-3-19)16-26(30(37)38)35-29(36)18-21-6-15-27(45-31(39)22-7-11-24(12-8-22)33(41)42)28(17-21)46-32(40)23-9-13-25(14-10-23)34(43)44/h2-15,17,26,41-44H,16,18H2,1H3,(H,35,36)(H,37,38)/t26-/m0/s1. The molecule has 0 saturated carbocycles. The van der Waals surface area contributed by atoms with Crippen LogP contribution in [0.4, 0.5) is 0 Å².